The highest BCUT2D eigenvalue weighted by Crippen LogP contribution is 2.44. The second-order valence-corrected chi connectivity index (χ2v) is 8.34. The molecule has 2 aromatic carbocycles. The van der Waals surface area contributed by atoms with Gasteiger partial charge in [0.2, 0.25) is 0 Å². The number of aliphatic hydroxyl groups excluding tert-OH is 1. The first-order chi connectivity index (χ1) is 16.0. The van der Waals surface area contributed by atoms with Crippen LogP contribution in [0, 0.1) is 0 Å². The van der Waals surface area contributed by atoms with E-state index >= 15 is 0 Å². The summed E-state index contributed by atoms with van der Waals surface area (Å²) in [5.41, 5.74) is 1.22. The summed E-state index contributed by atoms with van der Waals surface area (Å²) in [6.07, 6.45) is 4.84. The van der Waals surface area contributed by atoms with Crippen LogP contribution in [-0.2, 0) is 9.59 Å². The van der Waals surface area contributed by atoms with E-state index in [0.717, 1.165) is 37.7 Å². The highest BCUT2D eigenvalue weighted by atomic mass is 16.5. The van der Waals surface area contributed by atoms with Crippen LogP contribution >= 0.6 is 0 Å². The Balaban J connectivity index is 1.86. The van der Waals surface area contributed by atoms with Crippen molar-refractivity contribution >= 4 is 17.4 Å². The van der Waals surface area contributed by atoms with Crippen LogP contribution in [0.4, 0.5) is 0 Å². The topological polar surface area (TPSA) is 85.3 Å². The molecule has 2 fully saturated rings. The Morgan fingerprint density at radius 1 is 0.879 bits per heavy atom. The van der Waals surface area contributed by atoms with E-state index < -0.39 is 17.7 Å². The molecule has 0 bridgehead atoms. The number of benzene rings is 2. The Hall–Kier alpha value is -3.48. The number of ketones is 1. The largest absolute Gasteiger partial charge is 0.507 e. The number of amides is 1. The number of rotatable bonds is 6. The maximum absolute atomic E-state index is 13.3. The number of likely N-dealkylation sites (tertiary alicyclic amines) is 1. The highest BCUT2D eigenvalue weighted by molar-refractivity contribution is 6.46. The van der Waals surface area contributed by atoms with E-state index in [-0.39, 0.29) is 17.4 Å². The molecule has 1 amide bonds. The summed E-state index contributed by atoms with van der Waals surface area (Å²) in [6, 6.07) is 11.5. The van der Waals surface area contributed by atoms with Crippen molar-refractivity contribution in [1.82, 2.24) is 4.90 Å². The van der Waals surface area contributed by atoms with E-state index in [1.807, 2.05) is 12.1 Å². The molecular weight excluding hydrogens is 422 g/mol. The van der Waals surface area contributed by atoms with Crippen molar-refractivity contribution in [2.75, 3.05) is 21.3 Å². The average molecular weight is 452 g/mol. The van der Waals surface area contributed by atoms with Gasteiger partial charge in [-0.05, 0) is 48.7 Å². The number of carbonyl (C=O) groups excluding carboxylic acids is 2. The fourth-order valence-electron chi connectivity index (χ4n) is 4.84. The predicted octanol–water partition coefficient (Wildman–Crippen LogP) is 4.47. The minimum Gasteiger partial charge on any atom is -0.507 e. The van der Waals surface area contributed by atoms with Crippen LogP contribution < -0.4 is 14.2 Å². The molecule has 0 radical (unpaired) electrons. The van der Waals surface area contributed by atoms with E-state index in [9.17, 15) is 14.7 Å². The standard InChI is InChI=1S/C26H29NO6/c1-31-19-12-9-16(10-13-19)23-22(24(28)17-11-14-20(32-2)21(15-17)33-3)25(29)26(30)27(23)18-7-5-4-6-8-18/h9-15,18,23,28H,4-8H2,1-3H3/b24-22-. The van der Waals surface area contributed by atoms with Gasteiger partial charge in [0.25, 0.3) is 11.7 Å². The number of carbonyl (C=O) groups is 2. The van der Waals surface area contributed by atoms with E-state index in [1.165, 1.54) is 14.2 Å². The number of ether oxygens (including phenoxy) is 3. The molecule has 0 aromatic heterocycles. The molecule has 7 heteroatoms. The Morgan fingerprint density at radius 2 is 1.55 bits per heavy atom. The molecule has 4 rings (SSSR count). The third kappa shape index (κ3) is 4.15. The fraction of sp³-hybridized carbons (Fsp3) is 0.385. The molecule has 0 spiro atoms. The first-order valence-electron chi connectivity index (χ1n) is 11.2. The van der Waals surface area contributed by atoms with Crippen LogP contribution in [0.2, 0.25) is 0 Å². The predicted molar refractivity (Wildman–Crippen MR) is 124 cm³/mol. The number of hydrogen-bond acceptors (Lipinski definition) is 6. The average Bonchev–Trinajstić information content (AvgIpc) is 3.13. The molecule has 33 heavy (non-hydrogen) atoms. The molecule has 2 aromatic rings. The highest BCUT2D eigenvalue weighted by Gasteiger charge is 2.48. The quantitative estimate of drug-likeness (QED) is 0.396. The number of Topliss-reactive ketones (excluding diaryl/α,β-unsaturated/α-hetero) is 1. The second kappa shape index (κ2) is 9.57. The van der Waals surface area contributed by atoms with Gasteiger partial charge in [-0.15, -0.1) is 0 Å². The molecule has 1 saturated carbocycles. The first kappa shape index (κ1) is 22.7. The summed E-state index contributed by atoms with van der Waals surface area (Å²) >= 11 is 0. The first-order valence-corrected chi connectivity index (χ1v) is 11.2. The molecule has 1 aliphatic heterocycles. The summed E-state index contributed by atoms with van der Waals surface area (Å²) in [4.78, 5) is 28.2. The lowest BCUT2D eigenvalue weighted by Gasteiger charge is -2.35. The molecule has 1 atom stereocenters. The summed E-state index contributed by atoms with van der Waals surface area (Å²) in [7, 11) is 4.61. The lowest BCUT2D eigenvalue weighted by molar-refractivity contribution is -0.141. The van der Waals surface area contributed by atoms with Gasteiger partial charge in [0.05, 0.1) is 32.9 Å². The molecule has 1 saturated heterocycles. The summed E-state index contributed by atoms with van der Waals surface area (Å²) in [5, 5.41) is 11.3. The zero-order valence-corrected chi connectivity index (χ0v) is 19.2. The smallest absolute Gasteiger partial charge is 0.295 e. The number of nitrogens with zero attached hydrogens (tertiary/aromatic N) is 1. The molecular formula is C26H29NO6. The zero-order valence-electron chi connectivity index (χ0n) is 19.2. The molecule has 2 aliphatic rings. The van der Waals surface area contributed by atoms with Crippen LogP contribution in [0.5, 0.6) is 17.2 Å². The Labute approximate surface area is 193 Å². The van der Waals surface area contributed by atoms with Crippen molar-refractivity contribution in [2.45, 2.75) is 44.2 Å². The van der Waals surface area contributed by atoms with Gasteiger partial charge >= 0.3 is 0 Å². The molecule has 174 valence electrons. The van der Waals surface area contributed by atoms with Gasteiger partial charge in [0.15, 0.2) is 11.5 Å². The summed E-state index contributed by atoms with van der Waals surface area (Å²) in [6.45, 7) is 0. The SMILES string of the molecule is COc1ccc(C2/C(=C(/O)c3ccc(OC)c(OC)c3)C(=O)C(=O)N2C2CCCCC2)cc1. The van der Waals surface area contributed by atoms with Crippen molar-refractivity contribution in [3.63, 3.8) is 0 Å². The van der Waals surface area contributed by atoms with Gasteiger partial charge < -0.3 is 24.2 Å². The maximum Gasteiger partial charge on any atom is 0.295 e. The Kier molecular flexibility index (Phi) is 6.58. The number of methoxy groups -OCH3 is 3. The van der Waals surface area contributed by atoms with E-state index in [2.05, 4.69) is 0 Å². The minimum atomic E-state index is -0.674. The lowest BCUT2D eigenvalue weighted by atomic mass is 9.91. The van der Waals surface area contributed by atoms with Crippen molar-refractivity contribution in [3.8, 4) is 17.2 Å². The van der Waals surface area contributed by atoms with Crippen molar-refractivity contribution in [3.05, 3.63) is 59.2 Å². The minimum absolute atomic E-state index is 0.0435. The number of aliphatic hydroxyl groups is 1. The fourth-order valence-corrected chi connectivity index (χ4v) is 4.84. The third-order valence-electron chi connectivity index (χ3n) is 6.54. The number of hydrogen-bond donors (Lipinski definition) is 1. The van der Waals surface area contributed by atoms with Crippen molar-refractivity contribution < 1.29 is 28.9 Å². The second-order valence-electron chi connectivity index (χ2n) is 8.34. The molecule has 7 nitrogen and oxygen atoms in total. The Bertz CT molecular complexity index is 1070. The van der Waals surface area contributed by atoms with Gasteiger partial charge in [0.1, 0.15) is 11.5 Å². The van der Waals surface area contributed by atoms with Crippen LogP contribution in [0.25, 0.3) is 5.76 Å². The normalized spacial score (nSPS) is 20.7. The van der Waals surface area contributed by atoms with Crippen molar-refractivity contribution in [2.24, 2.45) is 0 Å². The van der Waals surface area contributed by atoms with Gasteiger partial charge in [0, 0.05) is 11.6 Å². The maximum atomic E-state index is 13.3. The molecule has 1 heterocycles. The zero-order chi connectivity index (χ0) is 23.5. The monoisotopic (exact) mass is 451 g/mol. The van der Waals surface area contributed by atoms with Gasteiger partial charge in [-0.25, -0.2) is 0 Å². The van der Waals surface area contributed by atoms with Gasteiger partial charge in [-0.1, -0.05) is 31.4 Å². The van der Waals surface area contributed by atoms with Gasteiger partial charge in [-0.2, -0.15) is 0 Å². The molecule has 1 aliphatic carbocycles. The summed E-state index contributed by atoms with van der Waals surface area (Å²) < 4.78 is 15.9. The van der Waals surface area contributed by atoms with E-state index in [0.29, 0.717) is 22.8 Å². The van der Waals surface area contributed by atoms with Crippen LogP contribution in [0.1, 0.15) is 49.3 Å². The lowest BCUT2D eigenvalue weighted by Crippen LogP contribution is -2.40. The van der Waals surface area contributed by atoms with E-state index in [1.54, 1.807) is 42.3 Å². The molecule has 1 unspecified atom stereocenters. The van der Waals surface area contributed by atoms with Gasteiger partial charge in [-0.3, -0.25) is 9.59 Å². The van der Waals surface area contributed by atoms with E-state index in [4.69, 9.17) is 14.2 Å². The van der Waals surface area contributed by atoms with Crippen LogP contribution in [0.3, 0.4) is 0 Å². The summed E-state index contributed by atoms with van der Waals surface area (Å²) in [5.74, 6) is 0.132. The van der Waals surface area contributed by atoms with Crippen LogP contribution in [0.15, 0.2) is 48.0 Å². The third-order valence-corrected chi connectivity index (χ3v) is 6.54. The molecule has 1 N–H and O–H groups in total. The van der Waals surface area contributed by atoms with Crippen molar-refractivity contribution in [1.29, 1.82) is 0 Å². The Morgan fingerprint density at radius 3 is 2.15 bits per heavy atom. The van der Waals surface area contributed by atoms with Crippen LogP contribution in [-0.4, -0.2) is 49.1 Å².